The molecule has 0 bridgehead atoms. The minimum absolute atomic E-state index is 0.0601. The normalized spacial score (nSPS) is 16.4. The second-order valence-electron chi connectivity index (χ2n) is 8.46. The van der Waals surface area contributed by atoms with Crippen molar-refractivity contribution >= 4 is 11.6 Å². The fourth-order valence-electron chi connectivity index (χ4n) is 4.12. The van der Waals surface area contributed by atoms with E-state index in [4.69, 9.17) is 14.0 Å². The topological polar surface area (TPSA) is 89.7 Å². The third kappa shape index (κ3) is 5.34. The van der Waals surface area contributed by atoms with Gasteiger partial charge in [0, 0.05) is 17.8 Å². The number of rotatable bonds is 7. The lowest BCUT2D eigenvalue weighted by Gasteiger charge is -2.31. The first-order valence-electron chi connectivity index (χ1n) is 11.1. The van der Waals surface area contributed by atoms with Gasteiger partial charge in [-0.2, -0.15) is 4.98 Å². The van der Waals surface area contributed by atoms with Crippen LogP contribution in [0.4, 0.5) is 5.69 Å². The Bertz CT molecular complexity index is 1130. The number of benzene rings is 2. The van der Waals surface area contributed by atoms with Gasteiger partial charge in [-0.25, -0.2) is 0 Å². The Morgan fingerprint density at radius 1 is 1.15 bits per heavy atom. The summed E-state index contributed by atoms with van der Waals surface area (Å²) in [5.41, 5.74) is 3.86. The molecule has 0 aliphatic carbocycles. The van der Waals surface area contributed by atoms with Crippen molar-refractivity contribution in [3.05, 3.63) is 53.4 Å². The molecule has 3 aromatic rings. The SMILES string of the molecule is COc1ccc(-c2noc(CN3CCC[C@H](C(=O)Nc4cc(C)ccc4C)C3)n2)cc1OC. The van der Waals surface area contributed by atoms with Crippen LogP contribution in [0.2, 0.25) is 0 Å². The number of methoxy groups -OCH3 is 2. The molecule has 1 amide bonds. The molecule has 2 aromatic carbocycles. The summed E-state index contributed by atoms with van der Waals surface area (Å²) < 4.78 is 16.1. The fourth-order valence-corrected chi connectivity index (χ4v) is 4.12. The molecule has 1 saturated heterocycles. The van der Waals surface area contributed by atoms with E-state index in [0.29, 0.717) is 36.3 Å². The molecule has 0 unspecified atom stereocenters. The van der Waals surface area contributed by atoms with E-state index in [-0.39, 0.29) is 11.8 Å². The van der Waals surface area contributed by atoms with Crippen molar-refractivity contribution in [2.45, 2.75) is 33.2 Å². The molecule has 2 heterocycles. The summed E-state index contributed by atoms with van der Waals surface area (Å²) >= 11 is 0. The predicted octanol–water partition coefficient (Wildman–Crippen LogP) is 4.22. The van der Waals surface area contributed by atoms with Crippen LogP contribution in [-0.2, 0) is 11.3 Å². The van der Waals surface area contributed by atoms with E-state index >= 15 is 0 Å². The van der Waals surface area contributed by atoms with Crippen LogP contribution >= 0.6 is 0 Å². The van der Waals surface area contributed by atoms with E-state index in [1.165, 1.54) is 0 Å². The maximum absolute atomic E-state index is 12.9. The van der Waals surface area contributed by atoms with Gasteiger partial charge in [-0.05, 0) is 68.6 Å². The largest absolute Gasteiger partial charge is 0.493 e. The molecule has 4 rings (SSSR count). The van der Waals surface area contributed by atoms with Crippen molar-refractivity contribution in [2.24, 2.45) is 5.92 Å². The zero-order valence-electron chi connectivity index (χ0n) is 19.6. The van der Waals surface area contributed by atoms with Crippen molar-refractivity contribution in [3.8, 4) is 22.9 Å². The van der Waals surface area contributed by atoms with Crippen molar-refractivity contribution in [1.29, 1.82) is 0 Å². The third-order valence-corrected chi connectivity index (χ3v) is 6.00. The molecule has 1 aliphatic heterocycles. The van der Waals surface area contributed by atoms with Crippen molar-refractivity contribution in [1.82, 2.24) is 15.0 Å². The Morgan fingerprint density at radius 3 is 2.76 bits per heavy atom. The van der Waals surface area contributed by atoms with E-state index in [1.807, 2.05) is 50.2 Å². The standard InChI is InChI=1S/C25H30N4O4/c1-16-7-8-17(2)20(12-16)26-25(30)19-6-5-11-29(14-19)15-23-27-24(28-33-23)18-9-10-21(31-3)22(13-18)32-4/h7-10,12-13,19H,5-6,11,14-15H2,1-4H3,(H,26,30)/t19-/m0/s1. The van der Waals surface area contributed by atoms with E-state index in [9.17, 15) is 4.79 Å². The van der Waals surface area contributed by atoms with E-state index in [0.717, 1.165) is 41.8 Å². The average Bonchev–Trinajstić information content (AvgIpc) is 3.29. The predicted molar refractivity (Wildman–Crippen MR) is 125 cm³/mol. The second-order valence-corrected chi connectivity index (χ2v) is 8.46. The lowest BCUT2D eigenvalue weighted by molar-refractivity contribution is -0.121. The van der Waals surface area contributed by atoms with Gasteiger partial charge >= 0.3 is 0 Å². The van der Waals surface area contributed by atoms with Crippen LogP contribution in [0.15, 0.2) is 40.9 Å². The van der Waals surface area contributed by atoms with Gasteiger partial charge in [0.1, 0.15) is 0 Å². The molecular weight excluding hydrogens is 420 g/mol. The molecule has 0 saturated carbocycles. The van der Waals surface area contributed by atoms with Crippen molar-refractivity contribution in [2.75, 3.05) is 32.6 Å². The number of aromatic nitrogens is 2. The van der Waals surface area contributed by atoms with Crippen LogP contribution in [0.25, 0.3) is 11.4 Å². The van der Waals surface area contributed by atoms with Gasteiger partial charge in [-0.15, -0.1) is 0 Å². The minimum atomic E-state index is -0.0769. The molecule has 1 aromatic heterocycles. The highest BCUT2D eigenvalue weighted by Crippen LogP contribution is 2.31. The van der Waals surface area contributed by atoms with Gasteiger partial charge < -0.3 is 19.3 Å². The summed E-state index contributed by atoms with van der Waals surface area (Å²) in [6, 6.07) is 11.6. The zero-order valence-corrected chi connectivity index (χ0v) is 19.6. The van der Waals surface area contributed by atoms with Crippen LogP contribution in [0.3, 0.4) is 0 Å². The van der Waals surface area contributed by atoms with Crippen LogP contribution in [0.5, 0.6) is 11.5 Å². The average molecular weight is 451 g/mol. The smallest absolute Gasteiger partial charge is 0.241 e. The van der Waals surface area contributed by atoms with Crippen molar-refractivity contribution < 1.29 is 18.8 Å². The van der Waals surface area contributed by atoms with E-state index in [1.54, 1.807) is 14.2 Å². The van der Waals surface area contributed by atoms with Gasteiger partial charge in [-0.3, -0.25) is 9.69 Å². The Balaban J connectivity index is 1.39. The van der Waals surface area contributed by atoms with Gasteiger partial charge in [0.15, 0.2) is 11.5 Å². The first-order valence-corrected chi connectivity index (χ1v) is 11.1. The molecular formula is C25H30N4O4. The summed E-state index contributed by atoms with van der Waals surface area (Å²) in [6.07, 6.45) is 1.81. The number of carbonyl (C=O) groups excluding carboxylic acids is 1. The number of hydrogen-bond acceptors (Lipinski definition) is 7. The van der Waals surface area contributed by atoms with Gasteiger partial charge in [0.25, 0.3) is 0 Å². The van der Waals surface area contributed by atoms with E-state index in [2.05, 4.69) is 20.4 Å². The summed E-state index contributed by atoms with van der Waals surface area (Å²) in [5, 5.41) is 7.23. The fraction of sp³-hybridized carbons (Fsp3) is 0.400. The number of amides is 1. The maximum atomic E-state index is 12.9. The third-order valence-electron chi connectivity index (χ3n) is 6.00. The molecule has 174 valence electrons. The maximum Gasteiger partial charge on any atom is 0.241 e. The molecule has 8 heteroatoms. The molecule has 0 radical (unpaired) electrons. The number of anilines is 1. The molecule has 8 nitrogen and oxygen atoms in total. The second kappa shape index (κ2) is 10.0. The number of nitrogens with one attached hydrogen (secondary N) is 1. The molecule has 1 N–H and O–H groups in total. The Morgan fingerprint density at radius 2 is 1.97 bits per heavy atom. The number of nitrogens with zero attached hydrogens (tertiary/aromatic N) is 3. The highest BCUT2D eigenvalue weighted by Gasteiger charge is 2.27. The molecule has 0 spiro atoms. The Kier molecular flexibility index (Phi) is 6.93. The highest BCUT2D eigenvalue weighted by molar-refractivity contribution is 5.93. The first-order chi connectivity index (χ1) is 16.0. The molecule has 33 heavy (non-hydrogen) atoms. The molecule has 1 fully saturated rings. The number of ether oxygens (including phenoxy) is 2. The van der Waals surface area contributed by atoms with Crippen molar-refractivity contribution in [3.63, 3.8) is 0 Å². The summed E-state index contributed by atoms with van der Waals surface area (Å²) in [5.74, 6) is 2.25. The lowest BCUT2D eigenvalue weighted by Crippen LogP contribution is -2.40. The lowest BCUT2D eigenvalue weighted by atomic mass is 9.96. The van der Waals surface area contributed by atoms with Crippen LogP contribution in [0, 0.1) is 19.8 Å². The van der Waals surface area contributed by atoms with Gasteiger partial charge in [-0.1, -0.05) is 17.3 Å². The quantitative estimate of drug-likeness (QED) is 0.576. The number of carbonyl (C=O) groups is 1. The van der Waals surface area contributed by atoms with Gasteiger partial charge in [0.05, 0.1) is 26.7 Å². The van der Waals surface area contributed by atoms with Crippen LogP contribution in [-0.4, -0.2) is 48.3 Å². The summed E-state index contributed by atoms with van der Waals surface area (Å²) in [6.45, 7) is 6.09. The monoisotopic (exact) mass is 450 g/mol. The zero-order chi connectivity index (χ0) is 23.4. The van der Waals surface area contributed by atoms with Gasteiger partial charge in [0.2, 0.25) is 17.6 Å². The Hall–Kier alpha value is -3.39. The molecule has 1 aliphatic rings. The summed E-state index contributed by atoms with van der Waals surface area (Å²) in [4.78, 5) is 19.7. The molecule has 1 atom stereocenters. The summed E-state index contributed by atoms with van der Waals surface area (Å²) in [7, 11) is 3.19. The minimum Gasteiger partial charge on any atom is -0.493 e. The van der Waals surface area contributed by atoms with Crippen LogP contribution in [0.1, 0.15) is 29.9 Å². The Labute approximate surface area is 193 Å². The number of aryl methyl sites for hydroxylation is 2. The van der Waals surface area contributed by atoms with E-state index < -0.39 is 0 Å². The number of hydrogen-bond donors (Lipinski definition) is 1. The van der Waals surface area contributed by atoms with Crippen LogP contribution < -0.4 is 14.8 Å². The highest BCUT2D eigenvalue weighted by atomic mass is 16.5. The number of likely N-dealkylation sites (tertiary alicyclic amines) is 1. The first kappa shape index (κ1) is 22.8. The number of piperidine rings is 1.